The van der Waals surface area contributed by atoms with E-state index in [-0.39, 0.29) is 43.4 Å². The van der Waals surface area contributed by atoms with Gasteiger partial charge in [-0.3, -0.25) is 4.79 Å². The third-order valence-corrected chi connectivity index (χ3v) is 2.96. The lowest BCUT2D eigenvalue weighted by Gasteiger charge is -2.18. The van der Waals surface area contributed by atoms with Crippen LogP contribution in [0.4, 0.5) is 9.18 Å². The molecular formula is C16H23FN2O4. The van der Waals surface area contributed by atoms with E-state index in [2.05, 4.69) is 5.32 Å². The van der Waals surface area contributed by atoms with Crippen LogP contribution >= 0.6 is 0 Å². The number of methoxy groups -OCH3 is 1. The zero-order chi connectivity index (χ0) is 17.4. The van der Waals surface area contributed by atoms with Gasteiger partial charge in [0.25, 0.3) is 0 Å². The van der Waals surface area contributed by atoms with Gasteiger partial charge in [0.05, 0.1) is 19.6 Å². The highest BCUT2D eigenvalue weighted by Crippen LogP contribution is 2.18. The molecule has 1 N–H and O–H groups in total. The predicted octanol–water partition coefficient (Wildman–Crippen LogP) is 2.32. The average molecular weight is 326 g/mol. The maximum absolute atomic E-state index is 13.6. The van der Waals surface area contributed by atoms with Gasteiger partial charge in [0.15, 0.2) is 11.6 Å². The van der Waals surface area contributed by atoms with Crippen molar-refractivity contribution in [3.8, 4) is 5.75 Å². The van der Waals surface area contributed by atoms with Crippen LogP contribution in [0.15, 0.2) is 18.2 Å². The van der Waals surface area contributed by atoms with Crippen LogP contribution in [0.2, 0.25) is 0 Å². The molecule has 7 heteroatoms. The molecule has 0 saturated heterocycles. The van der Waals surface area contributed by atoms with E-state index in [1.54, 1.807) is 27.0 Å². The molecule has 1 aromatic rings. The quantitative estimate of drug-likeness (QED) is 0.781. The number of esters is 1. The molecule has 6 nitrogen and oxygen atoms in total. The van der Waals surface area contributed by atoms with Gasteiger partial charge in [0.2, 0.25) is 0 Å². The van der Waals surface area contributed by atoms with Gasteiger partial charge in [-0.25, -0.2) is 9.18 Å². The summed E-state index contributed by atoms with van der Waals surface area (Å²) in [6, 6.07) is 4.17. The van der Waals surface area contributed by atoms with E-state index in [9.17, 15) is 14.0 Å². The molecule has 0 spiro atoms. The number of amides is 2. The summed E-state index contributed by atoms with van der Waals surface area (Å²) in [7, 11) is 2.98. The van der Waals surface area contributed by atoms with Crippen molar-refractivity contribution in [2.75, 3.05) is 20.7 Å². The van der Waals surface area contributed by atoms with Crippen molar-refractivity contribution >= 4 is 12.0 Å². The van der Waals surface area contributed by atoms with Crippen LogP contribution in [0.3, 0.4) is 0 Å². The highest BCUT2D eigenvalue weighted by atomic mass is 19.1. The smallest absolute Gasteiger partial charge is 0.317 e. The number of carbonyl (C=O) groups excluding carboxylic acids is 2. The van der Waals surface area contributed by atoms with Crippen molar-refractivity contribution < 1.29 is 23.5 Å². The Morgan fingerprint density at radius 2 is 2.04 bits per heavy atom. The lowest BCUT2D eigenvalue weighted by atomic mass is 10.2. The van der Waals surface area contributed by atoms with Gasteiger partial charge in [-0.15, -0.1) is 0 Å². The average Bonchev–Trinajstić information content (AvgIpc) is 2.46. The lowest BCUT2D eigenvalue weighted by molar-refractivity contribution is -0.147. The fraction of sp³-hybridized carbons (Fsp3) is 0.500. The van der Waals surface area contributed by atoms with Gasteiger partial charge in [0.1, 0.15) is 0 Å². The van der Waals surface area contributed by atoms with Gasteiger partial charge in [-0.05, 0) is 31.5 Å². The second-order valence-electron chi connectivity index (χ2n) is 5.35. The molecule has 0 unspecified atom stereocenters. The molecular weight excluding hydrogens is 303 g/mol. The van der Waals surface area contributed by atoms with Crippen molar-refractivity contribution in [3.05, 3.63) is 29.6 Å². The number of ether oxygens (including phenoxy) is 2. The molecule has 23 heavy (non-hydrogen) atoms. The second-order valence-corrected chi connectivity index (χ2v) is 5.35. The standard InChI is InChI=1S/C16H23FN2O4/c1-11(2)23-15(20)7-8-18-16(21)19(3)10-12-5-6-14(22-4)13(17)9-12/h5-6,9,11H,7-8,10H2,1-4H3,(H,18,21). The zero-order valence-corrected chi connectivity index (χ0v) is 13.9. The minimum absolute atomic E-state index is 0.106. The summed E-state index contributed by atoms with van der Waals surface area (Å²) in [6.07, 6.45) is -0.0691. The van der Waals surface area contributed by atoms with Gasteiger partial charge >= 0.3 is 12.0 Å². The number of halogens is 1. The van der Waals surface area contributed by atoms with Gasteiger partial charge in [0, 0.05) is 20.1 Å². The summed E-state index contributed by atoms with van der Waals surface area (Å²) in [4.78, 5) is 24.7. The Labute approximate surface area is 135 Å². The normalized spacial score (nSPS) is 10.3. The Morgan fingerprint density at radius 3 is 2.61 bits per heavy atom. The van der Waals surface area contributed by atoms with E-state index in [1.165, 1.54) is 24.1 Å². The molecule has 1 aromatic carbocycles. The van der Waals surface area contributed by atoms with Crippen molar-refractivity contribution in [2.45, 2.75) is 32.9 Å². The van der Waals surface area contributed by atoms with E-state index in [0.29, 0.717) is 5.56 Å². The van der Waals surface area contributed by atoms with Crippen LogP contribution in [0.5, 0.6) is 5.75 Å². The lowest BCUT2D eigenvalue weighted by Crippen LogP contribution is -2.38. The number of hydrogen-bond donors (Lipinski definition) is 1. The van der Waals surface area contributed by atoms with Crippen LogP contribution in [0.25, 0.3) is 0 Å². The highest BCUT2D eigenvalue weighted by molar-refractivity contribution is 5.75. The van der Waals surface area contributed by atoms with Gasteiger partial charge in [-0.1, -0.05) is 6.07 Å². The third-order valence-electron chi connectivity index (χ3n) is 2.96. The van der Waals surface area contributed by atoms with Crippen LogP contribution in [-0.4, -0.2) is 43.7 Å². The zero-order valence-electron chi connectivity index (χ0n) is 13.9. The predicted molar refractivity (Wildman–Crippen MR) is 83.7 cm³/mol. The van der Waals surface area contributed by atoms with Gasteiger partial charge < -0.3 is 19.7 Å². The van der Waals surface area contributed by atoms with Crippen molar-refractivity contribution in [1.82, 2.24) is 10.2 Å². The summed E-state index contributed by atoms with van der Waals surface area (Å²) >= 11 is 0. The summed E-state index contributed by atoms with van der Waals surface area (Å²) in [6.45, 7) is 3.95. The maximum atomic E-state index is 13.6. The fourth-order valence-corrected chi connectivity index (χ4v) is 1.88. The minimum atomic E-state index is -0.477. The molecule has 0 aliphatic heterocycles. The molecule has 0 atom stereocenters. The van der Waals surface area contributed by atoms with Crippen molar-refractivity contribution in [3.63, 3.8) is 0 Å². The van der Waals surface area contributed by atoms with E-state index in [0.717, 1.165) is 0 Å². The summed E-state index contributed by atoms with van der Waals surface area (Å²) in [5, 5.41) is 2.61. The number of nitrogens with zero attached hydrogens (tertiary/aromatic N) is 1. The number of rotatable bonds is 7. The summed E-state index contributed by atoms with van der Waals surface area (Å²) in [5.41, 5.74) is 0.639. The number of urea groups is 1. The second kappa shape index (κ2) is 8.97. The number of hydrogen-bond acceptors (Lipinski definition) is 4. The maximum Gasteiger partial charge on any atom is 0.317 e. The third kappa shape index (κ3) is 6.54. The van der Waals surface area contributed by atoms with E-state index < -0.39 is 5.82 Å². The Hall–Kier alpha value is -2.31. The number of carbonyl (C=O) groups is 2. The first-order valence-corrected chi connectivity index (χ1v) is 7.34. The first-order chi connectivity index (χ1) is 10.8. The molecule has 2 amide bonds. The Bertz CT molecular complexity index is 549. The Kier molecular flexibility index (Phi) is 7.31. The highest BCUT2D eigenvalue weighted by Gasteiger charge is 2.12. The first-order valence-electron chi connectivity index (χ1n) is 7.34. The van der Waals surface area contributed by atoms with E-state index >= 15 is 0 Å². The summed E-state index contributed by atoms with van der Waals surface area (Å²) in [5.74, 6) is -0.681. The topological polar surface area (TPSA) is 67.9 Å². The fourth-order valence-electron chi connectivity index (χ4n) is 1.88. The Balaban J connectivity index is 2.42. The molecule has 0 heterocycles. The molecule has 0 aromatic heterocycles. The minimum Gasteiger partial charge on any atom is -0.494 e. The number of nitrogens with one attached hydrogen (secondary N) is 1. The van der Waals surface area contributed by atoms with E-state index in [1.807, 2.05) is 0 Å². The molecule has 0 fully saturated rings. The van der Waals surface area contributed by atoms with Crippen LogP contribution in [0.1, 0.15) is 25.8 Å². The SMILES string of the molecule is COc1ccc(CN(C)C(=O)NCCC(=O)OC(C)C)cc1F. The molecule has 0 radical (unpaired) electrons. The molecule has 0 aliphatic rings. The largest absolute Gasteiger partial charge is 0.494 e. The number of benzene rings is 1. The molecule has 0 bridgehead atoms. The molecule has 1 rings (SSSR count). The summed E-state index contributed by atoms with van der Waals surface area (Å²) < 4.78 is 23.4. The van der Waals surface area contributed by atoms with E-state index in [4.69, 9.17) is 9.47 Å². The van der Waals surface area contributed by atoms with Crippen LogP contribution in [0, 0.1) is 5.82 Å². The van der Waals surface area contributed by atoms with Gasteiger partial charge in [-0.2, -0.15) is 0 Å². The Morgan fingerprint density at radius 1 is 1.35 bits per heavy atom. The van der Waals surface area contributed by atoms with Crippen LogP contribution in [-0.2, 0) is 16.1 Å². The monoisotopic (exact) mass is 326 g/mol. The van der Waals surface area contributed by atoms with Crippen molar-refractivity contribution in [2.24, 2.45) is 0 Å². The van der Waals surface area contributed by atoms with Crippen molar-refractivity contribution in [1.29, 1.82) is 0 Å². The molecule has 0 aliphatic carbocycles. The van der Waals surface area contributed by atoms with Crippen LogP contribution < -0.4 is 10.1 Å². The first kappa shape index (κ1) is 18.7. The molecule has 0 saturated carbocycles. The molecule has 128 valence electrons.